The van der Waals surface area contributed by atoms with E-state index in [9.17, 15) is 53.6 Å². The number of fused-ring (bicyclic) bond motifs is 1. The van der Waals surface area contributed by atoms with E-state index in [1.807, 2.05) is 18.7 Å². The summed E-state index contributed by atoms with van der Waals surface area (Å²) in [7, 11) is -10.6. The number of phosphoric ester groups is 2. The van der Waals surface area contributed by atoms with Crippen molar-refractivity contribution in [2.24, 2.45) is 0 Å². The normalized spacial score (nSPS) is 28.2. The molecule has 0 aromatic carbocycles. The van der Waals surface area contributed by atoms with Crippen LogP contribution < -0.4 is 16.0 Å². The fourth-order valence-electron chi connectivity index (χ4n) is 6.96. The Hall–Kier alpha value is -1.91. The molecule has 1 aliphatic carbocycles. The number of carbonyl (C=O) groups excluding carboxylic acids is 4. The average Bonchev–Trinajstić information content (AvgIpc) is 3.73. The fourth-order valence-corrected chi connectivity index (χ4v) is 10.0. The number of unbranched alkanes of at least 4 members (excludes halogenated alkanes) is 9. The first-order valence-electron chi connectivity index (χ1n) is 20.3. The van der Waals surface area contributed by atoms with Crippen molar-refractivity contribution in [1.29, 1.82) is 0 Å². The summed E-state index contributed by atoms with van der Waals surface area (Å²) in [5.41, 5.74) is 0. The highest BCUT2D eigenvalue weighted by Crippen LogP contribution is 2.48. The van der Waals surface area contributed by atoms with E-state index in [-0.39, 0.29) is 36.9 Å². The highest BCUT2D eigenvalue weighted by atomic mass is 32.2. The molecule has 9 unspecified atom stereocenters. The van der Waals surface area contributed by atoms with E-state index in [1.165, 1.54) is 0 Å². The third-order valence-electron chi connectivity index (χ3n) is 10.2. The van der Waals surface area contributed by atoms with E-state index in [1.54, 1.807) is 0 Å². The van der Waals surface area contributed by atoms with E-state index in [0.29, 0.717) is 37.5 Å². The van der Waals surface area contributed by atoms with Gasteiger partial charge in [-0.15, -0.1) is 0 Å². The zero-order valence-corrected chi connectivity index (χ0v) is 35.9. The van der Waals surface area contributed by atoms with Gasteiger partial charge in [0.2, 0.25) is 5.91 Å². The molecule has 9 atom stereocenters. The maximum absolute atomic E-state index is 12.8. The zero-order chi connectivity index (χ0) is 43.6. The molecule has 0 radical (unpaired) electrons. The maximum atomic E-state index is 12.8. The van der Waals surface area contributed by atoms with Gasteiger partial charge >= 0.3 is 33.6 Å². The molecule has 59 heavy (non-hydrogen) atoms. The van der Waals surface area contributed by atoms with Crippen molar-refractivity contribution in [3.05, 3.63) is 0 Å². The lowest BCUT2D eigenvalue weighted by molar-refractivity contribution is -0.216. The first-order chi connectivity index (χ1) is 27.9. The highest BCUT2D eigenvalue weighted by Gasteiger charge is 2.54. The second-order valence-electron chi connectivity index (χ2n) is 15.1. The number of aliphatic hydroxyl groups is 4. The number of hydrogen-bond donors (Lipinski definition) is 10. The number of thioether (sulfide) groups is 1. The van der Waals surface area contributed by atoms with Crippen molar-refractivity contribution < 1.29 is 86.5 Å². The second kappa shape index (κ2) is 25.9. The van der Waals surface area contributed by atoms with Crippen molar-refractivity contribution >= 4 is 51.3 Å². The molecule has 0 aromatic rings. The van der Waals surface area contributed by atoms with Crippen LogP contribution in [-0.4, -0.2) is 145 Å². The maximum Gasteiger partial charge on any atom is 0.472 e. The van der Waals surface area contributed by atoms with Gasteiger partial charge in [0.05, 0.1) is 18.7 Å². The van der Waals surface area contributed by atoms with Crippen LogP contribution in [0.5, 0.6) is 0 Å². The zero-order valence-electron chi connectivity index (χ0n) is 33.3. The number of nitrogens with one attached hydrogen (secondary N) is 3. The lowest BCUT2D eigenvalue weighted by atomic mass is 9.85. The minimum absolute atomic E-state index is 0.00420. The predicted molar refractivity (Wildman–Crippen MR) is 210 cm³/mol. The molecule has 0 spiro atoms. The molecule has 342 valence electrons. The smallest absolute Gasteiger partial charge is 0.462 e. The van der Waals surface area contributed by atoms with Gasteiger partial charge in [-0.25, -0.2) is 13.9 Å². The van der Waals surface area contributed by atoms with E-state index in [4.69, 9.17) is 28.3 Å². The summed E-state index contributed by atoms with van der Waals surface area (Å²) in [4.78, 5) is 77.2. The highest BCUT2D eigenvalue weighted by molar-refractivity contribution is 8.00. The number of esters is 2. The summed E-state index contributed by atoms with van der Waals surface area (Å²) in [5.74, 6) is -0.401. The Labute approximate surface area is 348 Å². The first kappa shape index (κ1) is 51.4. The fraction of sp³-hybridized carbons (Fsp3) is 0.886. The van der Waals surface area contributed by atoms with E-state index in [0.717, 1.165) is 70.0 Å². The van der Waals surface area contributed by atoms with Crippen LogP contribution in [0.2, 0.25) is 0 Å². The van der Waals surface area contributed by atoms with E-state index >= 15 is 0 Å². The topological polar surface area (TPSA) is 326 Å². The van der Waals surface area contributed by atoms with Gasteiger partial charge in [-0.3, -0.25) is 28.0 Å². The van der Waals surface area contributed by atoms with Crippen LogP contribution in [0.1, 0.15) is 110 Å². The van der Waals surface area contributed by atoms with Crippen LogP contribution in [0.15, 0.2) is 0 Å². The van der Waals surface area contributed by atoms with E-state index in [2.05, 4.69) is 20.5 Å². The molecule has 2 aliphatic heterocycles. The van der Waals surface area contributed by atoms with Crippen LogP contribution in [0, 0.1) is 0 Å². The summed E-state index contributed by atoms with van der Waals surface area (Å²) in [6, 6.07) is 0.244. The predicted octanol–water partition coefficient (Wildman–Crippen LogP) is 1.42. The van der Waals surface area contributed by atoms with Gasteiger partial charge in [-0.1, -0.05) is 58.3 Å². The van der Waals surface area contributed by atoms with Gasteiger partial charge in [0.1, 0.15) is 43.2 Å². The monoisotopic (exact) mass is 907 g/mol. The van der Waals surface area contributed by atoms with Crippen molar-refractivity contribution in [2.75, 3.05) is 25.5 Å². The van der Waals surface area contributed by atoms with Crippen molar-refractivity contribution in [1.82, 2.24) is 16.0 Å². The molecule has 21 nitrogen and oxygen atoms in total. The lowest BCUT2D eigenvalue weighted by Gasteiger charge is -2.43. The molecule has 10 N–H and O–H groups in total. The molecular weight excluding hydrogens is 844 g/mol. The molecule has 3 amide bonds. The Bertz CT molecular complexity index is 1410. The number of rotatable bonds is 29. The number of aliphatic hydroxyl groups excluding tert-OH is 4. The Morgan fingerprint density at radius 1 is 0.763 bits per heavy atom. The first-order valence-corrected chi connectivity index (χ1v) is 24.4. The Balaban J connectivity index is 1.34. The summed E-state index contributed by atoms with van der Waals surface area (Å²) in [5, 5.41) is 50.4. The summed E-state index contributed by atoms with van der Waals surface area (Å²) in [6.07, 6.45) is -4.01. The van der Waals surface area contributed by atoms with E-state index < -0.39 is 83.5 Å². The molecule has 1 saturated carbocycles. The van der Waals surface area contributed by atoms with Gasteiger partial charge in [-0.05, 0) is 32.1 Å². The number of hydrogen-bond acceptors (Lipinski definition) is 16. The van der Waals surface area contributed by atoms with Crippen LogP contribution in [0.25, 0.3) is 0 Å². The van der Waals surface area contributed by atoms with Crippen LogP contribution in [-0.2, 0) is 46.6 Å². The largest absolute Gasteiger partial charge is 0.472 e. The quantitative estimate of drug-likeness (QED) is 0.0220. The minimum atomic E-state index is -5.32. The minimum Gasteiger partial charge on any atom is -0.462 e. The number of phosphoric acid groups is 2. The third kappa shape index (κ3) is 18.9. The van der Waals surface area contributed by atoms with Crippen LogP contribution in [0.3, 0.4) is 0 Å². The number of urea groups is 1. The lowest BCUT2D eigenvalue weighted by Crippen LogP contribution is -2.64. The van der Waals surface area contributed by atoms with Crippen molar-refractivity contribution in [2.45, 2.75) is 170 Å². The van der Waals surface area contributed by atoms with Gasteiger partial charge in [-0.2, -0.15) is 11.8 Å². The van der Waals surface area contributed by atoms with Crippen molar-refractivity contribution in [3.63, 3.8) is 0 Å². The van der Waals surface area contributed by atoms with Crippen LogP contribution >= 0.6 is 27.4 Å². The van der Waals surface area contributed by atoms with Crippen LogP contribution in [0.4, 0.5) is 4.79 Å². The summed E-state index contributed by atoms with van der Waals surface area (Å²) < 4.78 is 48.6. The summed E-state index contributed by atoms with van der Waals surface area (Å²) in [6.45, 7) is 1.18. The number of amides is 3. The standard InChI is InChI=1S/C35H63N3O18P2S/c1-2-3-4-6-10-17-27(41)54-22(20-53-58(50,51)56-34-31(44)29(42)33(30(43)32(34)45)55-57(47,48)49)19-52-26(40)16-9-7-5-8-13-18-36-25(39)15-12-11-14-24-28-23(21-59-24)37-35(46)38-28/h22-24,28-34,42-45H,2-21H2,1H3,(H,36,39)(H,50,51)(H2,37,38,46)(H2,47,48,49). The molecule has 24 heteroatoms. The SMILES string of the molecule is CCCCCCCC(=O)OC(COC(=O)CCCCCCCNC(=O)CCCCC1SCC2NC(=O)NC21)COP(=O)(O)OC1C(O)C(O)C(OP(=O)(O)O)C(O)C1O. The van der Waals surface area contributed by atoms with Crippen molar-refractivity contribution in [3.8, 4) is 0 Å². The van der Waals surface area contributed by atoms with Gasteiger partial charge in [0.15, 0.2) is 6.10 Å². The Morgan fingerprint density at radius 3 is 1.98 bits per heavy atom. The molecule has 2 heterocycles. The molecule has 2 saturated heterocycles. The second-order valence-corrected chi connectivity index (χ2v) is 18.9. The Morgan fingerprint density at radius 2 is 1.34 bits per heavy atom. The molecule has 3 rings (SSSR count). The third-order valence-corrected chi connectivity index (χ3v) is 13.2. The Kier molecular flexibility index (Phi) is 22.6. The molecule has 3 fully saturated rings. The number of ether oxygens (including phenoxy) is 2. The molecule has 3 aliphatic rings. The van der Waals surface area contributed by atoms with Gasteiger partial charge in [0, 0.05) is 36.8 Å². The summed E-state index contributed by atoms with van der Waals surface area (Å²) >= 11 is 1.85. The average molecular weight is 908 g/mol. The van der Waals surface area contributed by atoms with Gasteiger partial charge < -0.3 is 60.5 Å². The molecule has 0 bridgehead atoms. The molecular formula is C35H63N3O18P2S. The number of carbonyl (C=O) groups is 4. The molecule has 0 aromatic heterocycles. The van der Waals surface area contributed by atoms with Gasteiger partial charge in [0.25, 0.3) is 0 Å².